The third-order valence-electron chi connectivity index (χ3n) is 0.716. The Morgan fingerprint density at radius 1 is 1.90 bits per heavy atom. The van der Waals surface area contributed by atoms with Crippen LogP contribution in [-0.2, 0) is 4.74 Å². The highest BCUT2D eigenvalue weighted by atomic mass is 16.5. The van der Waals surface area contributed by atoms with Crippen LogP contribution < -0.4 is 5.32 Å². The van der Waals surface area contributed by atoms with Gasteiger partial charge in [0.05, 0.1) is 6.61 Å². The highest BCUT2D eigenvalue weighted by Gasteiger charge is 1.99. The maximum Gasteiger partial charge on any atom is 0.412 e. The number of nitrogens with one attached hydrogen (secondary N) is 2. The summed E-state index contributed by atoms with van der Waals surface area (Å²) in [6.45, 7) is 5.27. The maximum absolute atomic E-state index is 10.5. The van der Waals surface area contributed by atoms with Crippen molar-refractivity contribution in [3.05, 3.63) is 12.7 Å². The highest BCUT2D eigenvalue weighted by Crippen LogP contribution is 1.76. The minimum absolute atomic E-state index is 0.0570. The molecule has 0 aromatic carbocycles. The fourth-order valence-corrected chi connectivity index (χ4v) is 0.328. The normalized spacial score (nSPS) is 8.10. The lowest BCUT2D eigenvalue weighted by molar-refractivity contribution is 0.158. The number of amides is 1. The Hall–Kier alpha value is -1.32. The van der Waals surface area contributed by atoms with Crippen molar-refractivity contribution in [1.82, 2.24) is 5.32 Å². The van der Waals surface area contributed by atoms with E-state index in [0.717, 1.165) is 0 Å². The first-order valence-electron chi connectivity index (χ1n) is 2.85. The summed E-state index contributed by atoms with van der Waals surface area (Å²) < 4.78 is 4.48. The number of rotatable bonds is 2. The van der Waals surface area contributed by atoms with E-state index in [9.17, 15) is 4.79 Å². The minimum atomic E-state index is -0.618. The summed E-state index contributed by atoms with van der Waals surface area (Å²) in [5.74, 6) is -0.0570. The molecule has 0 aromatic heterocycles. The SMILES string of the molecule is C=CC(=N)NC(=O)OCC. The van der Waals surface area contributed by atoms with E-state index in [1.807, 2.05) is 0 Å². The van der Waals surface area contributed by atoms with Gasteiger partial charge in [0.15, 0.2) is 0 Å². The van der Waals surface area contributed by atoms with E-state index in [2.05, 4.69) is 16.6 Å². The Balaban J connectivity index is 3.57. The van der Waals surface area contributed by atoms with E-state index < -0.39 is 6.09 Å². The summed E-state index contributed by atoms with van der Waals surface area (Å²) >= 11 is 0. The van der Waals surface area contributed by atoms with Crippen LogP contribution in [0.5, 0.6) is 0 Å². The summed E-state index contributed by atoms with van der Waals surface area (Å²) in [5, 5.41) is 9.05. The van der Waals surface area contributed by atoms with Crippen molar-refractivity contribution in [1.29, 1.82) is 5.41 Å². The minimum Gasteiger partial charge on any atom is -0.450 e. The molecule has 0 bridgehead atoms. The molecule has 0 unspecified atom stereocenters. The van der Waals surface area contributed by atoms with Gasteiger partial charge in [-0.1, -0.05) is 6.58 Å². The number of alkyl carbamates (subject to hydrolysis) is 1. The molecule has 0 saturated carbocycles. The molecule has 0 aliphatic carbocycles. The first-order valence-corrected chi connectivity index (χ1v) is 2.85. The van der Waals surface area contributed by atoms with Gasteiger partial charge in [0.2, 0.25) is 0 Å². The van der Waals surface area contributed by atoms with Crippen LogP contribution in [-0.4, -0.2) is 18.5 Å². The summed E-state index contributed by atoms with van der Waals surface area (Å²) in [7, 11) is 0. The van der Waals surface area contributed by atoms with Crippen molar-refractivity contribution in [2.45, 2.75) is 6.92 Å². The quantitative estimate of drug-likeness (QED) is 0.444. The van der Waals surface area contributed by atoms with E-state index >= 15 is 0 Å². The molecule has 2 N–H and O–H groups in total. The van der Waals surface area contributed by atoms with Crippen molar-refractivity contribution in [3.8, 4) is 0 Å². The second-order valence-electron chi connectivity index (χ2n) is 1.46. The van der Waals surface area contributed by atoms with Gasteiger partial charge >= 0.3 is 6.09 Å². The molecular formula is C6H10N2O2. The van der Waals surface area contributed by atoms with Gasteiger partial charge in [-0.2, -0.15) is 0 Å². The van der Waals surface area contributed by atoms with Crippen molar-refractivity contribution >= 4 is 11.9 Å². The molecule has 0 rings (SSSR count). The Kier molecular flexibility index (Phi) is 3.95. The third-order valence-corrected chi connectivity index (χ3v) is 0.716. The molecule has 56 valence electrons. The van der Waals surface area contributed by atoms with E-state index in [-0.39, 0.29) is 5.84 Å². The molecule has 0 aromatic rings. The molecule has 4 nitrogen and oxygen atoms in total. The monoisotopic (exact) mass is 142 g/mol. The summed E-state index contributed by atoms with van der Waals surface area (Å²) in [6, 6.07) is 0. The van der Waals surface area contributed by atoms with Gasteiger partial charge < -0.3 is 4.74 Å². The molecule has 0 spiro atoms. The van der Waals surface area contributed by atoms with Crippen LogP contribution in [0.4, 0.5) is 4.79 Å². The smallest absolute Gasteiger partial charge is 0.412 e. The van der Waals surface area contributed by atoms with Crippen LogP contribution in [0.1, 0.15) is 6.92 Å². The van der Waals surface area contributed by atoms with Gasteiger partial charge in [0, 0.05) is 0 Å². The summed E-state index contributed by atoms with van der Waals surface area (Å²) in [6.07, 6.45) is 0.601. The number of amidine groups is 1. The Bertz CT molecular complexity index is 154. The second kappa shape index (κ2) is 4.55. The van der Waals surface area contributed by atoms with Crippen molar-refractivity contribution in [2.24, 2.45) is 0 Å². The van der Waals surface area contributed by atoms with Gasteiger partial charge in [-0.25, -0.2) is 4.79 Å². The molecule has 1 amide bonds. The lowest BCUT2D eigenvalue weighted by Crippen LogP contribution is -2.28. The average Bonchev–Trinajstić information content (AvgIpc) is 1.88. The molecule has 10 heavy (non-hydrogen) atoms. The summed E-state index contributed by atoms with van der Waals surface area (Å²) in [4.78, 5) is 10.5. The van der Waals surface area contributed by atoms with Crippen molar-refractivity contribution in [2.75, 3.05) is 6.61 Å². The van der Waals surface area contributed by atoms with Gasteiger partial charge in [0.25, 0.3) is 0 Å². The fraction of sp³-hybridized carbons (Fsp3) is 0.333. The molecular weight excluding hydrogens is 132 g/mol. The van der Waals surface area contributed by atoms with E-state index in [1.165, 1.54) is 6.08 Å². The van der Waals surface area contributed by atoms with Crippen LogP contribution in [0, 0.1) is 5.41 Å². The first-order chi connectivity index (χ1) is 4.70. The third kappa shape index (κ3) is 3.65. The van der Waals surface area contributed by atoms with Gasteiger partial charge in [0.1, 0.15) is 5.84 Å². The summed E-state index contributed by atoms with van der Waals surface area (Å²) in [5.41, 5.74) is 0. The zero-order valence-electron chi connectivity index (χ0n) is 5.81. The van der Waals surface area contributed by atoms with Crippen LogP contribution in [0.25, 0.3) is 0 Å². The molecule has 0 aliphatic rings. The largest absolute Gasteiger partial charge is 0.450 e. The van der Waals surface area contributed by atoms with Crippen LogP contribution >= 0.6 is 0 Å². The first kappa shape index (κ1) is 8.68. The standard InChI is InChI=1S/C6H10N2O2/c1-3-5(7)8-6(9)10-4-2/h3H,1,4H2,2H3,(H2,7,8,9). The van der Waals surface area contributed by atoms with Crippen LogP contribution in [0.3, 0.4) is 0 Å². The molecule has 0 saturated heterocycles. The van der Waals surface area contributed by atoms with Crippen molar-refractivity contribution in [3.63, 3.8) is 0 Å². The zero-order chi connectivity index (χ0) is 7.98. The molecule has 0 fully saturated rings. The number of carbonyl (C=O) groups excluding carboxylic acids is 1. The Morgan fingerprint density at radius 3 is 2.90 bits per heavy atom. The lowest BCUT2D eigenvalue weighted by atomic mass is 10.6. The molecule has 0 aliphatic heterocycles. The molecule has 0 atom stereocenters. The van der Waals surface area contributed by atoms with Gasteiger partial charge in [-0.05, 0) is 13.0 Å². The van der Waals surface area contributed by atoms with Crippen molar-refractivity contribution < 1.29 is 9.53 Å². The lowest BCUT2D eigenvalue weighted by Gasteiger charge is -2.01. The van der Waals surface area contributed by atoms with Gasteiger partial charge in [-0.3, -0.25) is 10.7 Å². The zero-order valence-corrected chi connectivity index (χ0v) is 5.81. The average molecular weight is 142 g/mol. The predicted octanol–water partition coefficient (Wildman–Crippen LogP) is 0.896. The van der Waals surface area contributed by atoms with E-state index in [4.69, 9.17) is 5.41 Å². The Labute approximate surface area is 59.4 Å². The molecule has 0 heterocycles. The number of hydrogen-bond donors (Lipinski definition) is 2. The van der Waals surface area contributed by atoms with Crippen LogP contribution in [0.2, 0.25) is 0 Å². The molecule has 4 heteroatoms. The second-order valence-corrected chi connectivity index (χ2v) is 1.46. The van der Waals surface area contributed by atoms with E-state index in [1.54, 1.807) is 6.92 Å². The Morgan fingerprint density at radius 2 is 2.50 bits per heavy atom. The molecule has 0 radical (unpaired) electrons. The number of carbonyl (C=O) groups is 1. The fourth-order valence-electron chi connectivity index (χ4n) is 0.328. The highest BCUT2D eigenvalue weighted by molar-refractivity contribution is 5.99. The van der Waals surface area contributed by atoms with Gasteiger partial charge in [-0.15, -0.1) is 0 Å². The number of hydrogen-bond acceptors (Lipinski definition) is 3. The maximum atomic E-state index is 10.5. The predicted molar refractivity (Wildman–Crippen MR) is 38.1 cm³/mol. The number of ether oxygens (including phenoxy) is 1. The topological polar surface area (TPSA) is 62.2 Å². The van der Waals surface area contributed by atoms with Crippen LogP contribution in [0.15, 0.2) is 12.7 Å². The van der Waals surface area contributed by atoms with E-state index in [0.29, 0.717) is 6.61 Å².